The van der Waals surface area contributed by atoms with Crippen LogP contribution in [0.25, 0.3) is 0 Å². The highest BCUT2D eigenvalue weighted by Gasteiger charge is 2.04. The Bertz CT molecular complexity index is 304. The molecule has 16 heavy (non-hydrogen) atoms. The highest BCUT2D eigenvalue weighted by molar-refractivity contribution is 5.22. The molecule has 1 unspecified atom stereocenters. The zero-order valence-corrected chi connectivity index (χ0v) is 11.1. The first-order valence-electron chi connectivity index (χ1n) is 6.34. The lowest BCUT2D eigenvalue weighted by Gasteiger charge is -2.14. The lowest BCUT2D eigenvalue weighted by Crippen LogP contribution is -2.26. The van der Waals surface area contributed by atoms with E-state index >= 15 is 0 Å². The maximum atomic E-state index is 3.52. The minimum atomic E-state index is 0.709. The van der Waals surface area contributed by atoms with Gasteiger partial charge >= 0.3 is 0 Å². The molecule has 1 rings (SSSR count). The molecular formula is C15H25N. The summed E-state index contributed by atoms with van der Waals surface area (Å²) in [5, 5.41) is 3.52. The predicted molar refractivity (Wildman–Crippen MR) is 71.8 cm³/mol. The second kappa shape index (κ2) is 6.70. The number of nitrogens with one attached hydrogen (secondary N) is 1. The molecule has 0 aliphatic rings. The summed E-state index contributed by atoms with van der Waals surface area (Å²) in [7, 11) is 0. The Morgan fingerprint density at radius 3 is 2.50 bits per heavy atom. The summed E-state index contributed by atoms with van der Waals surface area (Å²) in [6.45, 7) is 11.2. The van der Waals surface area contributed by atoms with E-state index in [1.807, 2.05) is 0 Å². The summed E-state index contributed by atoms with van der Waals surface area (Å²) in [4.78, 5) is 0. The first-order chi connectivity index (χ1) is 7.58. The van der Waals surface area contributed by atoms with Crippen LogP contribution in [0, 0.1) is 18.8 Å². The van der Waals surface area contributed by atoms with Crippen molar-refractivity contribution in [2.75, 3.05) is 13.1 Å². The molecule has 0 amide bonds. The summed E-state index contributed by atoms with van der Waals surface area (Å²) in [5.41, 5.74) is 2.82. The van der Waals surface area contributed by atoms with Gasteiger partial charge < -0.3 is 5.32 Å². The smallest absolute Gasteiger partial charge is 0.00199 e. The predicted octanol–water partition coefficient (Wildman–Crippen LogP) is 3.42. The van der Waals surface area contributed by atoms with Crippen molar-refractivity contribution >= 4 is 0 Å². The van der Waals surface area contributed by atoms with Crippen LogP contribution in [-0.4, -0.2) is 13.1 Å². The van der Waals surface area contributed by atoms with Gasteiger partial charge in [-0.2, -0.15) is 0 Å². The fraction of sp³-hybridized carbons (Fsp3) is 0.600. The minimum absolute atomic E-state index is 0.709. The van der Waals surface area contributed by atoms with E-state index < -0.39 is 0 Å². The lowest BCUT2D eigenvalue weighted by atomic mass is 9.99. The molecule has 90 valence electrons. The Hall–Kier alpha value is -0.820. The molecule has 1 nitrogen and oxygen atoms in total. The van der Waals surface area contributed by atoms with Crippen LogP contribution < -0.4 is 5.32 Å². The van der Waals surface area contributed by atoms with E-state index in [-0.39, 0.29) is 0 Å². The van der Waals surface area contributed by atoms with Gasteiger partial charge in [0.05, 0.1) is 0 Å². The van der Waals surface area contributed by atoms with Crippen molar-refractivity contribution < 1.29 is 0 Å². The molecule has 0 saturated carbocycles. The lowest BCUT2D eigenvalue weighted by molar-refractivity contribution is 0.473. The second-order valence-corrected chi connectivity index (χ2v) is 5.35. The molecule has 0 fully saturated rings. The molecule has 0 saturated heterocycles. The van der Waals surface area contributed by atoms with Crippen molar-refractivity contribution in [3.63, 3.8) is 0 Å². The van der Waals surface area contributed by atoms with Gasteiger partial charge in [0.1, 0.15) is 0 Å². The molecule has 0 bridgehead atoms. The fourth-order valence-electron chi connectivity index (χ4n) is 1.93. The molecule has 0 aliphatic carbocycles. The highest BCUT2D eigenvalue weighted by atomic mass is 14.9. The van der Waals surface area contributed by atoms with Crippen molar-refractivity contribution in [1.29, 1.82) is 0 Å². The zero-order chi connectivity index (χ0) is 12.0. The molecule has 1 aromatic carbocycles. The van der Waals surface area contributed by atoms with Gasteiger partial charge in [0.15, 0.2) is 0 Å². The number of aryl methyl sites for hydroxylation is 1. The molecule has 1 heteroatoms. The molecule has 0 radical (unpaired) electrons. The normalized spacial score (nSPS) is 13.1. The monoisotopic (exact) mass is 219 g/mol. The standard InChI is InChI=1S/C15H25N/c1-12(2)10-16-11-14(4)9-15-7-5-6-13(3)8-15/h5-8,12,14,16H,9-11H2,1-4H3. The van der Waals surface area contributed by atoms with Crippen molar-refractivity contribution in [3.05, 3.63) is 35.4 Å². The van der Waals surface area contributed by atoms with E-state index in [1.54, 1.807) is 0 Å². The Labute approximate surface area is 100 Å². The summed E-state index contributed by atoms with van der Waals surface area (Å²) < 4.78 is 0. The van der Waals surface area contributed by atoms with Crippen molar-refractivity contribution in [1.82, 2.24) is 5.32 Å². The fourth-order valence-corrected chi connectivity index (χ4v) is 1.93. The largest absolute Gasteiger partial charge is 0.316 e. The quantitative estimate of drug-likeness (QED) is 0.773. The van der Waals surface area contributed by atoms with Crippen LogP contribution in [-0.2, 0) is 6.42 Å². The average molecular weight is 219 g/mol. The number of hydrogen-bond acceptors (Lipinski definition) is 1. The van der Waals surface area contributed by atoms with Gasteiger partial charge in [-0.3, -0.25) is 0 Å². The second-order valence-electron chi connectivity index (χ2n) is 5.35. The van der Waals surface area contributed by atoms with Crippen LogP contribution >= 0.6 is 0 Å². The molecule has 1 N–H and O–H groups in total. The summed E-state index contributed by atoms with van der Waals surface area (Å²) in [5.74, 6) is 1.45. The van der Waals surface area contributed by atoms with Crippen LogP contribution in [0.2, 0.25) is 0 Å². The number of rotatable bonds is 6. The van der Waals surface area contributed by atoms with Gasteiger partial charge in [0, 0.05) is 0 Å². The van der Waals surface area contributed by atoms with E-state index in [2.05, 4.69) is 57.3 Å². The number of hydrogen-bond donors (Lipinski definition) is 1. The molecular weight excluding hydrogens is 194 g/mol. The van der Waals surface area contributed by atoms with Gasteiger partial charge in [-0.05, 0) is 43.8 Å². The third-order valence-electron chi connectivity index (χ3n) is 2.71. The van der Waals surface area contributed by atoms with Gasteiger partial charge in [0.25, 0.3) is 0 Å². The molecule has 0 spiro atoms. The Morgan fingerprint density at radius 2 is 1.88 bits per heavy atom. The van der Waals surface area contributed by atoms with Crippen molar-refractivity contribution in [2.45, 2.75) is 34.1 Å². The highest BCUT2D eigenvalue weighted by Crippen LogP contribution is 2.10. The SMILES string of the molecule is Cc1cccc(CC(C)CNCC(C)C)c1. The first kappa shape index (κ1) is 13.2. The van der Waals surface area contributed by atoms with E-state index in [0.29, 0.717) is 5.92 Å². The Morgan fingerprint density at radius 1 is 1.12 bits per heavy atom. The zero-order valence-electron chi connectivity index (χ0n) is 11.1. The van der Waals surface area contributed by atoms with E-state index in [9.17, 15) is 0 Å². The summed E-state index contributed by atoms with van der Waals surface area (Å²) >= 11 is 0. The molecule has 1 atom stereocenters. The third-order valence-corrected chi connectivity index (χ3v) is 2.71. The van der Waals surface area contributed by atoms with E-state index in [0.717, 1.165) is 19.0 Å². The van der Waals surface area contributed by atoms with Crippen LogP contribution in [0.4, 0.5) is 0 Å². The molecule has 0 aromatic heterocycles. The molecule has 0 heterocycles. The van der Waals surface area contributed by atoms with E-state index in [1.165, 1.54) is 17.5 Å². The average Bonchev–Trinajstić information content (AvgIpc) is 2.16. The summed E-state index contributed by atoms with van der Waals surface area (Å²) in [6, 6.07) is 8.83. The summed E-state index contributed by atoms with van der Waals surface area (Å²) in [6.07, 6.45) is 1.17. The van der Waals surface area contributed by atoms with Gasteiger partial charge in [-0.15, -0.1) is 0 Å². The van der Waals surface area contributed by atoms with Crippen LogP contribution in [0.5, 0.6) is 0 Å². The van der Waals surface area contributed by atoms with E-state index in [4.69, 9.17) is 0 Å². The maximum Gasteiger partial charge on any atom is -0.00199 e. The number of benzene rings is 1. The van der Waals surface area contributed by atoms with Crippen molar-refractivity contribution in [3.8, 4) is 0 Å². The van der Waals surface area contributed by atoms with Gasteiger partial charge in [-0.1, -0.05) is 50.6 Å². The van der Waals surface area contributed by atoms with Gasteiger partial charge in [-0.25, -0.2) is 0 Å². The minimum Gasteiger partial charge on any atom is -0.316 e. The first-order valence-corrected chi connectivity index (χ1v) is 6.34. The topological polar surface area (TPSA) is 12.0 Å². The Balaban J connectivity index is 2.31. The third kappa shape index (κ3) is 5.32. The Kier molecular flexibility index (Phi) is 5.54. The van der Waals surface area contributed by atoms with Crippen LogP contribution in [0.15, 0.2) is 24.3 Å². The van der Waals surface area contributed by atoms with Crippen LogP contribution in [0.3, 0.4) is 0 Å². The van der Waals surface area contributed by atoms with Gasteiger partial charge in [0.2, 0.25) is 0 Å². The maximum absolute atomic E-state index is 3.52. The van der Waals surface area contributed by atoms with Crippen molar-refractivity contribution in [2.24, 2.45) is 11.8 Å². The molecule has 0 aliphatic heterocycles. The molecule has 1 aromatic rings. The van der Waals surface area contributed by atoms with Crippen LogP contribution in [0.1, 0.15) is 31.9 Å².